The number of fused-ring (bicyclic) bond motifs is 1. The predicted molar refractivity (Wildman–Crippen MR) is 138 cm³/mol. The first-order chi connectivity index (χ1) is 14.6. The molecule has 1 aliphatic heterocycles. The number of nitrogens with one attached hydrogen (secondary N) is 2. The van der Waals surface area contributed by atoms with E-state index in [1.807, 2.05) is 0 Å². The van der Waals surface area contributed by atoms with Gasteiger partial charge in [0.05, 0.1) is 14.2 Å². The van der Waals surface area contributed by atoms with E-state index in [1.54, 1.807) is 14.2 Å². The molecule has 178 valence electrons. The fourth-order valence-electron chi connectivity index (χ4n) is 3.48. The van der Waals surface area contributed by atoms with Crippen LogP contribution >= 0.6 is 24.0 Å². The van der Waals surface area contributed by atoms with Crippen LogP contribution in [-0.2, 0) is 17.7 Å². The number of benzene rings is 1. The number of methoxy groups -OCH3 is 2. The molecule has 0 saturated carbocycles. The third-order valence-corrected chi connectivity index (χ3v) is 5.03. The summed E-state index contributed by atoms with van der Waals surface area (Å²) < 4.78 is 16.5. The van der Waals surface area contributed by atoms with Crippen molar-refractivity contribution in [3.63, 3.8) is 0 Å². The van der Waals surface area contributed by atoms with E-state index in [2.05, 4.69) is 53.4 Å². The van der Waals surface area contributed by atoms with Crippen molar-refractivity contribution in [2.24, 2.45) is 10.9 Å². The van der Waals surface area contributed by atoms with E-state index in [1.165, 1.54) is 11.1 Å². The summed E-state index contributed by atoms with van der Waals surface area (Å²) in [6.07, 6.45) is 1.97. The van der Waals surface area contributed by atoms with Crippen LogP contribution in [0.3, 0.4) is 0 Å². The summed E-state index contributed by atoms with van der Waals surface area (Å²) in [5.41, 5.74) is 2.67. The first-order valence-corrected chi connectivity index (χ1v) is 11.1. The van der Waals surface area contributed by atoms with Crippen molar-refractivity contribution in [3.05, 3.63) is 23.3 Å². The second-order valence-corrected chi connectivity index (χ2v) is 8.01. The molecule has 0 radical (unpaired) electrons. The minimum absolute atomic E-state index is 0. The van der Waals surface area contributed by atoms with E-state index in [-0.39, 0.29) is 24.0 Å². The van der Waals surface area contributed by atoms with Gasteiger partial charge in [-0.2, -0.15) is 0 Å². The molecular formula is C23H41IN4O3. The Morgan fingerprint density at radius 2 is 1.84 bits per heavy atom. The van der Waals surface area contributed by atoms with Crippen LogP contribution in [0.5, 0.6) is 11.5 Å². The van der Waals surface area contributed by atoms with Crippen LogP contribution in [0.25, 0.3) is 0 Å². The molecule has 1 aromatic carbocycles. The third-order valence-electron chi connectivity index (χ3n) is 5.03. The van der Waals surface area contributed by atoms with Crippen molar-refractivity contribution in [1.82, 2.24) is 15.5 Å². The molecule has 8 heteroatoms. The highest BCUT2D eigenvalue weighted by Gasteiger charge is 2.19. The minimum Gasteiger partial charge on any atom is -0.493 e. The smallest absolute Gasteiger partial charge is 0.191 e. The molecule has 0 aliphatic carbocycles. The number of ether oxygens (including phenoxy) is 3. The Bertz CT molecular complexity index is 670. The lowest BCUT2D eigenvalue weighted by Gasteiger charge is -2.29. The van der Waals surface area contributed by atoms with E-state index in [9.17, 15) is 0 Å². The Morgan fingerprint density at radius 1 is 1.13 bits per heavy atom. The quantitative estimate of drug-likeness (QED) is 0.181. The topological polar surface area (TPSA) is 67.4 Å². The van der Waals surface area contributed by atoms with Crippen LogP contribution in [-0.4, -0.2) is 71.0 Å². The zero-order valence-corrected chi connectivity index (χ0v) is 22.2. The van der Waals surface area contributed by atoms with Crippen molar-refractivity contribution < 1.29 is 14.2 Å². The van der Waals surface area contributed by atoms with Gasteiger partial charge in [0.25, 0.3) is 0 Å². The lowest BCUT2D eigenvalue weighted by atomic mass is 9.99. The van der Waals surface area contributed by atoms with E-state index in [0.29, 0.717) is 5.92 Å². The van der Waals surface area contributed by atoms with Crippen LogP contribution < -0.4 is 20.1 Å². The molecule has 1 heterocycles. The Morgan fingerprint density at radius 3 is 2.48 bits per heavy atom. The number of nitrogens with zero attached hydrogens (tertiary/aromatic N) is 2. The molecule has 1 aromatic rings. The van der Waals surface area contributed by atoms with Gasteiger partial charge in [0, 0.05) is 52.5 Å². The number of aliphatic imine (C=N–C) groups is 1. The SMILES string of the molecule is CCNC(=NCCCOCC(C)C)NCCN1CCc2cc(OC)c(OC)cc2C1.I. The number of guanidine groups is 1. The van der Waals surface area contributed by atoms with E-state index in [0.717, 1.165) is 82.8 Å². The van der Waals surface area contributed by atoms with Gasteiger partial charge in [0.2, 0.25) is 0 Å². The van der Waals surface area contributed by atoms with Crippen molar-refractivity contribution in [3.8, 4) is 11.5 Å². The van der Waals surface area contributed by atoms with Gasteiger partial charge in [-0.15, -0.1) is 24.0 Å². The zero-order valence-electron chi connectivity index (χ0n) is 19.8. The molecule has 0 fully saturated rings. The molecule has 0 bridgehead atoms. The lowest BCUT2D eigenvalue weighted by Crippen LogP contribution is -2.42. The number of hydrogen-bond acceptors (Lipinski definition) is 5. The highest BCUT2D eigenvalue weighted by molar-refractivity contribution is 14.0. The van der Waals surface area contributed by atoms with Gasteiger partial charge in [-0.1, -0.05) is 13.8 Å². The van der Waals surface area contributed by atoms with Crippen LogP contribution in [0.15, 0.2) is 17.1 Å². The normalized spacial score (nSPS) is 14.1. The average molecular weight is 549 g/mol. The highest BCUT2D eigenvalue weighted by atomic mass is 127. The summed E-state index contributed by atoms with van der Waals surface area (Å²) in [5.74, 6) is 3.07. The molecule has 0 unspecified atom stereocenters. The van der Waals surface area contributed by atoms with Gasteiger partial charge < -0.3 is 24.8 Å². The van der Waals surface area contributed by atoms with Crippen LogP contribution in [0, 0.1) is 5.92 Å². The summed E-state index contributed by atoms with van der Waals surface area (Å²) in [5, 5.41) is 6.78. The fraction of sp³-hybridized carbons (Fsp3) is 0.696. The maximum Gasteiger partial charge on any atom is 0.191 e. The first-order valence-electron chi connectivity index (χ1n) is 11.1. The second-order valence-electron chi connectivity index (χ2n) is 8.01. The third kappa shape index (κ3) is 9.82. The maximum atomic E-state index is 5.62. The molecule has 0 aromatic heterocycles. The summed E-state index contributed by atoms with van der Waals surface area (Å²) >= 11 is 0. The summed E-state index contributed by atoms with van der Waals surface area (Å²) in [6, 6.07) is 4.23. The van der Waals surface area contributed by atoms with Gasteiger partial charge >= 0.3 is 0 Å². The van der Waals surface area contributed by atoms with E-state index < -0.39 is 0 Å². The lowest BCUT2D eigenvalue weighted by molar-refractivity contribution is 0.109. The maximum absolute atomic E-state index is 5.62. The molecule has 2 N–H and O–H groups in total. The van der Waals surface area contributed by atoms with Crippen molar-refractivity contribution in [2.45, 2.75) is 40.2 Å². The van der Waals surface area contributed by atoms with Crippen LogP contribution in [0.4, 0.5) is 0 Å². The van der Waals surface area contributed by atoms with Gasteiger partial charge in [-0.3, -0.25) is 9.89 Å². The minimum atomic E-state index is 0. The molecule has 0 atom stereocenters. The Kier molecular flexibility index (Phi) is 13.9. The Labute approximate surface area is 205 Å². The average Bonchev–Trinajstić information content (AvgIpc) is 2.74. The monoisotopic (exact) mass is 548 g/mol. The van der Waals surface area contributed by atoms with E-state index in [4.69, 9.17) is 14.2 Å². The number of hydrogen-bond donors (Lipinski definition) is 2. The molecular weight excluding hydrogens is 507 g/mol. The predicted octanol–water partition coefficient (Wildman–Crippen LogP) is 3.30. The molecule has 7 nitrogen and oxygen atoms in total. The van der Waals surface area contributed by atoms with Gasteiger partial charge in [-0.05, 0) is 48.9 Å². The molecule has 0 amide bonds. The highest BCUT2D eigenvalue weighted by Crippen LogP contribution is 2.33. The van der Waals surface area contributed by atoms with Crippen molar-refractivity contribution in [1.29, 1.82) is 0 Å². The van der Waals surface area contributed by atoms with Crippen molar-refractivity contribution in [2.75, 3.05) is 60.2 Å². The van der Waals surface area contributed by atoms with Gasteiger partial charge in [-0.25, -0.2) is 0 Å². The van der Waals surface area contributed by atoms with Crippen LogP contribution in [0.1, 0.15) is 38.3 Å². The zero-order chi connectivity index (χ0) is 21.8. The molecule has 2 rings (SSSR count). The number of halogens is 1. The molecule has 0 spiro atoms. The van der Waals surface area contributed by atoms with Gasteiger partial charge in [0.15, 0.2) is 17.5 Å². The summed E-state index contributed by atoms with van der Waals surface area (Å²) in [7, 11) is 3.38. The standard InChI is InChI=1S/C23H40N4O3.HI/c1-6-24-23(25-9-7-13-30-17-18(2)3)26-10-12-27-11-8-19-14-21(28-4)22(29-5)15-20(19)16-27;/h14-15,18H,6-13,16-17H2,1-5H3,(H2,24,25,26);1H. The Hall–Kier alpha value is -1.26. The molecule has 1 aliphatic rings. The Balaban J connectivity index is 0.00000480. The largest absolute Gasteiger partial charge is 0.493 e. The first kappa shape index (κ1) is 27.8. The fourth-order valence-corrected chi connectivity index (χ4v) is 3.48. The van der Waals surface area contributed by atoms with Crippen molar-refractivity contribution >= 4 is 29.9 Å². The summed E-state index contributed by atoms with van der Waals surface area (Å²) in [4.78, 5) is 7.12. The van der Waals surface area contributed by atoms with Gasteiger partial charge in [0.1, 0.15) is 0 Å². The molecule has 31 heavy (non-hydrogen) atoms. The second kappa shape index (κ2) is 15.5. The summed E-state index contributed by atoms with van der Waals surface area (Å²) in [6.45, 7) is 13.4. The molecule has 0 saturated heterocycles. The van der Waals surface area contributed by atoms with Crippen LogP contribution in [0.2, 0.25) is 0 Å². The number of rotatable bonds is 12. The van der Waals surface area contributed by atoms with E-state index >= 15 is 0 Å².